The number of rotatable bonds is 6. The zero-order valence-corrected chi connectivity index (χ0v) is 11.9. The second kappa shape index (κ2) is 6.46. The van der Waals surface area contributed by atoms with Crippen molar-refractivity contribution in [2.45, 2.75) is 18.9 Å². The molecular weight excluding hydrogens is 258 g/mol. The number of hydrogen-bond acceptors (Lipinski definition) is 5. The van der Waals surface area contributed by atoms with Crippen molar-refractivity contribution in [3.8, 4) is 0 Å². The minimum atomic E-state index is -3.51. The Hall–Kier alpha value is -0.700. The zero-order chi connectivity index (χ0) is 13.8. The molecule has 1 atom stereocenters. The van der Waals surface area contributed by atoms with E-state index in [1.807, 2.05) is 0 Å². The zero-order valence-electron chi connectivity index (χ0n) is 11.0. The van der Waals surface area contributed by atoms with Gasteiger partial charge in [0.2, 0.25) is 0 Å². The van der Waals surface area contributed by atoms with E-state index in [2.05, 4.69) is 10.1 Å². The van der Waals surface area contributed by atoms with Gasteiger partial charge in [0.05, 0.1) is 13.5 Å². The van der Waals surface area contributed by atoms with Crippen molar-refractivity contribution >= 4 is 16.2 Å². The van der Waals surface area contributed by atoms with Gasteiger partial charge in [-0.05, 0) is 13.0 Å². The average molecular weight is 279 g/mol. The van der Waals surface area contributed by atoms with Gasteiger partial charge in [-0.2, -0.15) is 17.0 Å². The summed E-state index contributed by atoms with van der Waals surface area (Å²) in [4.78, 5) is 11.0. The first kappa shape index (κ1) is 15.4. The monoisotopic (exact) mass is 279 g/mol. The first-order valence-electron chi connectivity index (χ1n) is 5.86. The molecule has 0 aromatic rings. The van der Waals surface area contributed by atoms with Crippen LogP contribution in [0.5, 0.6) is 0 Å². The summed E-state index contributed by atoms with van der Waals surface area (Å²) in [6.07, 6.45) is 0.865. The number of nitrogens with zero attached hydrogens (tertiary/aromatic N) is 2. The van der Waals surface area contributed by atoms with Gasteiger partial charge < -0.3 is 10.1 Å². The summed E-state index contributed by atoms with van der Waals surface area (Å²) in [5.41, 5.74) is 0. The molecule has 8 heteroatoms. The number of likely N-dealkylation sites (N-methyl/N-ethyl adjacent to an activating group) is 1. The van der Waals surface area contributed by atoms with E-state index >= 15 is 0 Å². The molecule has 0 bridgehead atoms. The van der Waals surface area contributed by atoms with Crippen LogP contribution in [0.4, 0.5) is 0 Å². The fourth-order valence-electron chi connectivity index (χ4n) is 1.82. The van der Waals surface area contributed by atoms with Gasteiger partial charge in [0.1, 0.15) is 0 Å². The summed E-state index contributed by atoms with van der Waals surface area (Å²) in [6.45, 7) is 1.62. The highest BCUT2D eigenvalue weighted by Crippen LogP contribution is 2.13. The molecule has 1 rings (SSSR count). The van der Waals surface area contributed by atoms with Crippen LogP contribution >= 0.6 is 0 Å². The van der Waals surface area contributed by atoms with E-state index in [0.29, 0.717) is 6.54 Å². The van der Waals surface area contributed by atoms with Gasteiger partial charge in [-0.1, -0.05) is 0 Å². The molecule has 1 fully saturated rings. The molecule has 106 valence electrons. The Morgan fingerprint density at radius 1 is 1.44 bits per heavy atom. The Bertz CT molecular complexity index is 379. The Morgan fingerprint density at radius 2 is 2.11 bits per heavy atom. The summed E-state index contributed by atoms with van der Waals surface area (Å²) < 4.78 is 31.4. The summed E-state index contributed by atoms with van der Waals surface area (Å²) in [6, 6.07) is -0.0180. The third-order valence-corrected chi connectivity index (χ3v) is 5.16. The molecule has 0 spiro atoms. The smallest absolute Gasteiger partial charge is 0.306 e. The predicted molar refractivity (Wildman–Crippen MR) is 67.2 cm³/mol. The van der Waals surface area contributed by atoms with E-state index in [9.17, 15) is 13.2 Å². The maximum Gasteiger partial charge on any atom is 0.306 e. The van der Waals surface area contributed by atoms with Crippen molar-refractivity contribution in [2.75, 3.05) is 40.8 Å². The van der Waals surface area contributed by atoms with Crippen LogP contribution in [-0.2, 0) is 19.7 Å². The van der Waals surface area contributed by atoms with Crippen LogP contribution in [-0.4, -0.2) is 69.9 Å². The van der Waals surface area contributed by atoms with Gasteiger partial charge in [0, 0.05) is 33.2 Å². The van der Waals surface area contributed by atoms with Gasteiger partial charge in [0.15, 0.2) is 0 Å². The highest BCUT2D eigenvalue weighted by atomic mass is 32.2. The number of esters is 1. The second-order valence-corrected chi connectivity index (χ2v) is 6.41. The van der Waals surface area contributed by atoms with Gasteiger partial charge >= 0.3 is 5.97 Å². The average Bonchev–Trinajstić information content (AvgIpc) is 2.87. The summed E-state index contributed by atoms with van der Waals surface area (Å²) >= 11 is 0. The Labute approximate surface area is 108 Å². The lowest BCUT2D eigenvalue weighted by Gasteiger charge is -2.28. The molecule has 1 N–H and O–H groups in total. The molecule has 18 heavy (non-hydrogen) atoms. The second-order valence-electron chi connectivity index (χ2n) is 4.32. The van der Waals surface area contributed by atoms with E-state index in [1.165, 1.54) is 22.8 Å². The van der Waals surface area contributed by atoms with Crippen LogP contribution < -0.4 is 5.32 Å². The minimum absolute atomic E-state index is 0.0180. The lowest BCUT2D eigenvalue weighted by molar-refractivity contribution is -0.140. The number of methoxy groups -OCH3 is 1. The van der Waals surface area contributed by atoms with Crippen molar-refractivity contribution in [3.63, 3.8) is 0 Å². The van der Waals surface area contributed by atoms with E-state index in [4.69, 9.17) is 0 Å². The molecule has 0 amide bonds. The van der Waals surface area contributed by atoms with Crippen molar-refractivity contribution in [3.05, 3.63) is 0 Å². The third kappa shape index (κ3) is 3.64. The number of carbonyl (C=O) groups is 1. The van der Waals surface area contributed by atoms with Crippen LogP contribution in [0.3, 0.4) is 0 Å². The third-order valence-electron chi connectivity index (χ3n) is 3.16. The summed E-state index contributed by atoms with van der Waals surface area (Å²) in [5.74, 6) is -0.415. The Balaban J connectivity index is 2.58. The maximum absolute atomic E-state index is 12.2. The number of nitrogens with one attached hydrogen (secondary N) is 1. The number of carbonyl (C=O) groups excluding carboxylic acids is 1. The fourth-order valence-corrected chi connectivity index (χ4v) is 3.14. The van der Waals surface area contributed by atoms with Crippen LogP contribution in [0.1, 0.15) is 12.8 Å². The highest BCUT2D eigenvalue weighted by Gasteiger charge is 2.31. The highest BCUT2D eigenvalue weighted by molar-refractivity contribution is 7.86. The molecule has 1 heterocycles. The summed E-state index contributed by atoms with van der Waals surface area (Å²) in [7, 11) is 0.818. The molecule has 1 unspecified atom stereocenters. The Kier molecular flexibility index (Phi) is 5.51. The number of ether oxygens (including phenoxy) is 1. The lowest BCUT2D eigenvalue weighted by atomic mass is 10.3. The van der Waals surface area contributed by atoms with E-state index in [1.54, 1.807) is 7.05 Å². The molecule has 1 aliphatic rings. The van der Waals surface area contributed by atoms with E-state index < -0.39 is 16.2 Å². The Morgan fingerprint density at radius 3 is 2.61 bits per heavy atom. The molecule has 0 aliphatic carbocycles. The standard InChI is InChI=1S/C10H21N3O4S/c1-12(7-5-10(14)17-3)18(15,16)13(2)9-4-6-11-8-9/h9,11H,4-8H2,1-3H3. The van der Waals surface area contributed by atoms with E-state index in [0.717, 1.165) is 13.0 Å². The van der Waals surface area contributed by atoms with Gasteiger partial charge in [-0.15, -0.1) is 0 Å². The lowest BCUT2D eigenvalue weighted by Crippen LogP contribution is -2.46. The van der Waals surface area contributed by atoms with Crippen LogP contribution in [0.25, 0.3) is 0 Å². The van der Waals surface area contributed by atoms with Gasteiger partial charge in [-0.25, -0.2) is 0 Å². The quantitative estimate of drug-likeness (QED) is 0.632. The normalized spacial score (nSPS) is 20.6. The van der Waals surface area contributed by atoms with Gasteiger partial charge in [0.25, 0.3) is 10.2 Å². The van der Waals surface area contributed by atoms with Gasteiger partial charge in [-0.3, -0.25) is 4.79 Å². The first-order chi connectivity index (χ1) is 8.39. The van der Waals surface area contributed by atoms with Crippen LogP contribution in [0.15, 0.2) is 0 Å². The van der Waals surface area contributed by atoms with Crippen LogP contribution in [0, 0.1) is 0 Å². The molecule has 0 saturated carbocycles. The minimum Gasteiger partial charge on any atom is -0.469 e. The SMILES string of the molecule is COC(=O)CCN(C)S(=O)(=O)N(C)C1CCNC1. The van der Waals surface area contributed by atoms with Crippen LogP contribution in [0.2, 0.25) is 0 Å². The maximum atomic E-state index is 12.2. The summed E-state index contributed by atoms with van der Waals surface area (Å²) in [5, 5.41) is 3.12. The number of hydrogen-bond donors (Lipinski definition) is 1. The molecule has 0 radical (unpaired) electrons. The molecule has 1 saturated heterocycles. The van der Waals surface area contributed by atoms with Crippen molar-refractivity contribution in [1.29, 1.82) is 0 Å². The molecular formula is C10H21N3O4S. The van der Waals surface area contributed by atoms with E-state index in [-0.39, 0.29) is 19.0 Å². The molecule has 7 nitrogen and oxygen atoms in total. The first-order valence-corrected chi connectivity index (χ1v) is 7.26. The molecule has 0 aromatic carbocycles. The largest absolute Gasteiger partial charge is 0.469 e. The predicted octanol–water partition coefficient (Wildman–Crippen LogP) is -0.980. The molecule has 1 aliphatic heterocycles. The van der Waals surface area contributed by atoms with Crippen molar-refractivity contribution in [1.82, 2.24) is 13.9 Å². The topological polar surface area (TPSA) is 79.0 Å². The van der Waals surface area contributed by atoms with Crippen molar-refractivity contribution < 1.29 is 17.9 Å². The fraction of sp³-hybridized carbons (Fsp3) is 0.900. The molecule has 0 aromatic heterocycles. The van der Waals surface area contributed by atoms with Crippen molar-refractivity contribution in [2.24, 2.45) is 0 Å².